The molecule has 0 spiro atoms. The second-order valence-electron chi connectivity index (χ2n) is 6.07. The van der Waals surface area contributed by atoms with Gasteiger partial charge in [-0.05, 0) is 52.3 Å². The van der Waals surface area contributed by atoms with E-state index in [-0.39, 0.29) is 4.90 Å². The Kier molecular flexibility index (Phi) is 4.92. The maximum atomic E-state index is 12.6. The van der Waals surface area contributed by atoms with Crippen LogP contribution in [0.15, 0.2) is 27.6 Å². The van der Waals surface area contributed by atoms with Crippen LogP contribution in [0, 0.1) is 12.3 Å². The lowest BCUT2D eigenvalue weighted by Crippen LogP contribution is -2.56. The summed E-state index contributed by atoms with van der Waals surface area (Å²) in [5.41, 5.74) is -1.83. The minimum Gasteiger partial charge on any atom is -0.481 e. The molecule has 1 aromatic carbocycles. The van der Waals surface area contributed by atoms with Crippen molar-refractivity contribution in [3.05, 3.63) is 28.2 Å². The van der Waals surface area contributed by atoms with Gasteiger partial charge in [0.1, 0.15) is 0 Å². The smallest absolute Gasteiger partial charge is 0.310 e. The largest absolute Gasteiger partial charge is 0.481 e. The lowest BCUT2D eigenvalue weighted by molar-refractivity contribution is -0.150. The third kappa shape index (κ3) is 3.64. The summed E-state index contributed by atoms with van der Waals surface area (Å²) < 4.78 is 28.3. The molecule has 0 saturated carbocycles. The van der Waals surface area contributed by atoms with Crippen LogP contribution < -0.4 is 4.72 Å². The summed E-state index contributed by atoms with van der Waals surface area (Å²) in [6.07, 6.45) is 0. The number of aryl methyl sites for hydroxylation is 1. The minimum absolute atomic E-state index is 0.131. The molecule has 2 N–H and O–H groups in total. The van der Waals surface area contributed by atoms with Crippen LogP contribution in [0.3, 0.4) is 0 Å². The van der Waals surface area contributed by atoms with Crippen molar-refractivity contribution in [2.24, 2.45) is 5.41 Å². The van der Waals surface area contributed by atoms with Gasteiger partial charge in [-0.2, -0.15) is 0 Å². The highest BCUT2D eigenvalue weighted by Crippen LogP contribution is 2.33. The molecule has 0 atom stereocenters. The van der Waals surface area contributed by atoms with E-state index < -0.39 is 26.9 Å². The summed E-state index contributed by atoms with van der Waals surface area (Å²) in [5.74, 6) is -1.07. The van der Waals surface area contributed by atoms with E-state index in [1.54, 1.807) is 32.9 Å². The first-order valence-corrected chi connectivity index (χ1v) is 8.62. The molecule has 118 valence electrons. The Morgan fingerprint density at radius 1 is 1.24 bits per heavy atom. The third-order valence-corrected chi connectivity index (χ3v) is 6.22. The average Bonchev–Trinajstić information content (AvgIpc) is 2.30. The first kappa shape index (κ1) is 18.1. The van der Waals surface area contributed by atoms with E-state index in [0.29, 0.717) is 10.0 Å². The maximum Gasteiger partial charge on any atom is 0.310 e. The van der Waals surface area contributed by atoms with Gasteiger partial charge in [0, 0.05) is 10.0 Å². The molecule has 0 aromatic heterocycles. The zero-order valence-electron chi connectivity index (χ0n) is 12.7. The van der Waals surface area contributed by atoms with Crippen LogP contribution in [-0.2, 0) is 14.8 Å². The van der Waals surface area contributed by atoms with E-state index in [2.05, 4.69) is 20.7 Å². The molecule has 1 rings (SSSR count). The van der Waals surface area contributed by atoms with Crippen LogP contribution in [0.4, 0.5) is 0 Å². The summed E-state index contributed by atoms with van der Waals surface area (Å²) >= 11 is 3.24. The molecule has 0 fully saturated rings. The monoisotopic (exact) mass is 377 g/mol. The Labute approximate surface area is 133 Å². The summed E-state index contributed by atoms with van der Waals surface area (Å²) in [5, 5.41) is 9.30. The molecule has 5 nitrogen and oxygen atoms in total. The number of carboxylic acid groups (broad SMARTS) is 1. The van der Waals surface area contributed by atoms with E-state index in [0.717, 1.165) is 0 Å². The van der Waals surface area contributed by atoms with Gasteiger partial charge in [0.15, 0.2) is 0 Å². The number of sulfonamides is 1. The summed E-state index contributed by atoms with van der Waals surface area (Å²) in [6, 6.07) is 4.94. The van der Waals surface area contributed by atoms with Crippen molar-refractivity contribution in [2.75, 3.05) is 0 Å². The molecule has 0 aliphatic rings. The fourth-order valence-corrected chi connectivity index (χ4v) is 3.97. The molecule has 1 aromatic rings. The molecule has 0 unspecified atom stereocenters. The number of nitrogens with one attached hydrogen (secondary N) is 1. The fourth-order valence-electron chi connectivity index (χ4n) is 1.65. The Morgan fingerprint density at radius 3 is 2.24 bits per heavy atom. The first-order valence-electron chi connectivity index (χ1n) is 6.35. The van der Waals surface area contributed by atoms with E-state index in [9.17, 15) is 18.3 Å². The van der Waals surface area contributed by atoms with E-state index in [4.69, 9.17) is 0 Å². The van der Waals surface area contributed by atoms with Gasteiger partial charge in [0.2, 0.25) is 10.0 Å². The molecular weight excluding hydrogens is 358 g/mol. The van der Waals surface area contributed by atoms with Gasteiger partial charge in [0.25, 0.3) is 0 Å². The van der Waals surface area contributed by atoms with Crippen LogP contribution in [0.2, 0.25) is 0 Å². The van der Waals surface area contributed by atoms with Crippen molar-refractivity contribution in [2.45, 2.75) is 45.1 Å². The number of benzene rings is 1. The highest BCUT2D eigenvalue weighted by atomic mass is 79.9. The summed E-state index contributed by atoms with van der Waals surface area (Å²) in [4.78, 5) is 11.5. The van der Waals surface area contributed by atoms with Crippen molar-refractivity contribution < 1.29 is 18.3 Å². The fraction of sp³-hybridized carbons (Fsp3) is 0.500. The SMILES string of the molecule is Cc1ccc(Br)cc1S(=O)(=O)NC(C)(C)C(C)(C)C(=O)O. The third-order valence-electron chi connectivity index (χ3n) is 3.93. The number of aliphatic carboxylic acids is 1. The Bertz CT molecular complexity index is 666. The van der Waals surface area contributed by atoms with Crippen molar-refractivity contribution in [3.8, 4) is 0 Å². The number of carboxylic acids is 1. The molecule has 0 aliphatic heterocycles. The number of hydrogen-bond donors (Lipinski definition) is 2. The Morgan fingerprint density at radius 2 is 1.76 bits per heavy atom. The average molecular weight is 378 g/mol. The van der Waals surface area contributed by atoms with Crippen LogP contribution in [-0.4, -0.2) is 25.0 Å². The van der Waals surface area contributed by atoms with Gasteiger partial charge in [-0.1, -0.05) is 22.0 Å². The molecule has 0 radical (unpaired) electrons. The lowest BCUT2D eigenvalue weighted by Gasteiger charge is -2.38. The zero-order chi connectivity index (χ0) is 16.6. The number of halogens is 1. The van der Waals surface area contributed by atoms with Crippen LogP contribution >= 0.6 is 15.9 Å². The predicted octanol–water partition coefficient (Wildman–Crippen LogP) is 2.93. The standard InChI is InChI=1S/C14H20BrNO4S/c1-9-6-7-10(15)8-11(9)21(19,20)16-14(4,5)13(2,3)12(17)18/h6-8,16H,1-5H3,(H,17,18). The molecular formula is C14H20BrNO4S. The molecule has 0 saturated heterocycles. The van der Waals surface area contributed by atoms with Gasteiger partial charge >= 0.3 is 5.97 Å². The van der Waals surface area contributed by atoms with Crippen LogP contribution in [0.25, 0.3) is 0 Å². The maximum absolute atomic E-state index is 12.6. The first-order chi connectivity index (χ1) is 9.31. The summed E-state index contributed by atoms with van der Waals surface area (Å²) in [7, 11) is -3.83. The normalized spacial score (nSPS) is 13.2. The highest BCUT2D eigenvalue weighted by Gasteiger charge is 2.46. The van der Waals surface area contributed by atoms with E-state index in [1.807, 2.05) is 0 Å². The van der Waals surface area contributed by atoms with E-state index in [1.165, 1.54) is 19.9 Å². The van der Waals surface area contributed by atoms with Crippen molar-refractivity contribution >= 4 is 31.9 Å². The predicted molar refractivity (Wildman–Crippen MR) is 84.7 cm³/mol. The minimum atomic E-state index is -3.83. The number of carbonyl (C=O) groups is 1. The zero-order valence-corrected chi connectivity index (χ0v) is 15.1. The number of rotatable bonds is 5. The lowest BCUT2D eigenvalue weighted by atomic mass is 9.75. The quantitative estimate of drug-likeness (QED) is 0.825. The van der Waals surface area contributed by atoms with Crippen LogP contribution in [0.5, 0.6) is 0 Å². The molecule has 0 amide bonds. The van der Waals surface area contributed by atoms with E-state index >= 15 is 0 Å². The van der Waals surface area contributed by atoms with Crippen LogP contribution in [0.1, 0.15) is 33.3 Å². The second kappa shape index (κ2) is 5.70. The highest BCUT2D eigenvalue weighted by molar-refractivity contribution is 9.10. The molecule has 21 heavy (non-hydrogen) atoms. The van der Waals surface area contributed by atoms with Crippen molar-refractivity contribution in [1.82, 2.24) is 4.72 Å². The Balaban J connectivity index is 3.28. The summed E-state index contributed by atoms with van der Waals surface area (Å²) in [6.45, 7) is 7.80. The molecule has 0 heterocycles. The molecule has 0 bridgehead atoms. The topological polar surface area (TPSA) is 83.5 Å². The van der Waals surface area contributed by atoms with Crippen molar-refractivity contribution in [1.29, 1.82) is 0 Å². The Hall–Kier alpha value is -0.920. The molecule has 7 heteroatoms. The van der Waals surface area contributed by atoms with Gasteiger partial charge in [-0.25, -0.2) is 13.1 Å². The number of hydrogen-bond acceptors (Lipinski definition) is 3. The van der Waals surface area contributed by atoms with Gasteiger partial charge in [-0.15, -0.1) is 0 Å². The van der Waals surface area contributed by atoms with Gasteiger partial charge in [-0.3, -0.25) is 4.79 Å². The van der Waals surface area contributed by atoms with Gasteiger partial charge < -0.3 is 5.11 Å². The second-order valence-corrected chi connectivity index (χ2v) is 8.64. The molecule has 0 aliphatic carbocycles. The van der Waals surface area contributed by atoms with Crippen molar-refractivity contribution in [3.63, 3.8) is 0 Å². The van der Waals surface area contributed by atoms with Gasteiger partial charge in [0.05, 0.1) is 10.3 Å².